The number of nitriles is 1. The Morgan fingerprint density at radius 3 is 2.95 bits per heavy atom. The third kappa shape index (κ3) is 2.19. The molecule has 4 nitrogen and oxygen atoms in total. The van der Waals surface area contributed by atoms with Crippen molar-refractivity contribution in [1.82, 2.24) is 4.98 Å². The van der Waals surface area contributed by atoms with Crippen molar-refractivity contribution in [2.45, 2.75) is 26.2 Å². The van der Waals surface area contributed by atoms with Gasteiger partial charge in [0.2, 0.25) is 5.88 Å². The Hall–Kier alpha value is -2.54. The van der Waals surface area contributed by atoms with Gasteiger partial charge in [0, 0.05) is 17.4 Å². The highest BCUT2D eigenvalue weighted by Gasteiger charge is 2.18. The molecule has 0 unspecified atom stereocenters. The van der Waals surface area contributed by atoms with Crippen LogP contribution in [0, 0.1) is 18.3 Å². The molecule has 4 heteroatoms. The first kappa shape index (κ1) is 12.5. The van der Waals surface area contributed by atoms with Crippen molar-refractivity contribution in [2.24, 2.45) is 0 Å². The van der Waals surface area contributed by atoms with E-state index < -0.39 is 0 Å². The summed E-state index contributed by atoms with van der Waals surface area (Å²) in [6, 6.07) is 9.53. The van der Waals surface area contributed by atoms with Crippen LogP contribution in [0.2, 0.25) is 0 Å². The largest absolute Gasteiger partial charge is 0.437 e. The molecule has 1 aliphatic rings. The van der Waals surface area contributed by atoms with Gasteiger partial charge in [-0.2, -0.15) is 5.26 Å². The molecule has 0 atom stereocenters. The van der Waals surface area contributed by atoms with Gasteiger partial charge in [0.1, 0.15) is 17.4 Å². The minimum Gasteiger partial charge on any atom is -0.437 e. The lowest BCUT2D eigenvalue weighted by molar-refractivity contribution is 0.456. The van der Waals surface area contributed by atoms with Crippen molar-refractivity contribution in [3.63, 3.8) is 0 Å². The van der Waals surface area contributed by atoms with Crippen molar-refractivity contribution in [2.75, 3.05) is 5.73 Å². The van der Waals surface area contributed by atoms with Gasteiger partial charge in [-0.3, -0.25) is 0 Å². The van der Waals surface area contributed by atoms with Crippen molar-refractivity contribution >= 4 is 5.69 Å². The van der Waals surface area contributed by atoms with Crippen LogP contribution in [0.4, 0.5) is 5.69 Å². The van der Waals surface area contributed by atoms with Gasteiger partial charge >= 0.3 is 0 Å². The van der Waals surface area contributed by atoms with Crippen LogP contribution in [0.25, 0.3) is 0 Å². The fourth-order valence-electron chi connectivity index (χ4n) is 2.44. The first-order valence-electron chi connectivity index (χ1n) is 6.64. The van der Waals surface area contributed by atoms with Gasteiger partial charge in [-0.15, -0.1) is 0 Å². The van der Waals surface area contributed by atoms with Gasteiger partial charge in [-0.25, -0.2) is 4.98 Å². The van der Waals surface area contributed by atoms with E-state index in [2.05, 4.69) is 11.1 Å². The van der Waals surface area contributed by atoms with Gasteiger partial charge < -0.3 is 10.5 Å². The van der Waals surface area contributed by atoms with Gasteiger partial charge in [0.15, 0.2) is 0 Å². The van der Waals surface area contributed by atoms with E-state index in [-0.39, 0.29) is 0 Å². The van der Waals surface area contributed by atoms with E-state index >= 15 is 0 Å². The molecule has 2 aromatic rings. The molecule has 0 amide bonds. The summed E-state index contributed by atoms with van der Waals surface area (Å²) in [6.07, 6.45) is 3.04. The van der Waals surface area contributed by atoms with E-state index in [9.17, 15) is 5.26 Å². The molecule has 3 rings (SSSR count). The minimum atomic E-state index is 0.377. The molecule has 0 aliphatic heterocycles. The number of aromatic nitrogens is 1. The van der Waals surface area contributed by atoms with Crippen molar-refractivity contribution in [3.05, 3.63) is 46.6 Å². The zero-order chi connectivity index (χ0) is 14.1. The number of pyridine rings is 1. The first-order chi connectivity index (χ1) is 9.67. The molecule has 1 aromatic carbocycles. The third-order valence-electron chi connectivity index (χ3n) is 3.56. The number of aryl methyl sites for hydroxylation is 3. The highest BCUT2D eigenvalue weighted by Crippen LogP contribution is 2.31. The average molecular weight is 265 g/mol. The van der Waals surface area contributed by atoms with Crippen LogP contribution in [0.1, 0.15) is 28.8 Å². The predicted octanol–water partition coefficient (Wildman–Crippen LogP) is 3.12. The number of hydrogen-bond acceptors (Lipinski definition) is 4. The van der Waals surface area contributed by atoms with Gasteiger partial charge in [0.05, 0.1) is 0 Å². The van der Waals surface area contributed by atoms with E-state index in [1.54, 1.807) is 6.07 Å². The van der Waals surface area contributed by atoms with E-state index in [1.165, 1.54) is 0 Å². The molecule has 1 aliphatic carbocycles. The normalized spacial score (nSPS) is 12.8. The molecule has 100 valence electrons. The van der Waals surface area contributed by atoms with Crippen LogP contribution in [0.15, 0.2) is 24.3 Å². The number of nitrogen functional groups attached to an aromatic ring is 1. The molecular weight excluding hydrogens is 250 g/mol. The van der Waals surface area contributed by atoms with Crippen LogP contribution in [0.3, 0.4) is 0 Å². The maximum Gasteiger partial charge on any atom is 0.237 e. The van der Waals surface area contributed by atoms with Crippen molar-refractivity contribution < 1.29 is 4.74 Å². The number of nitrogens with two attached hydrogens (primary N) is 1. The van der Waals surface area contributed by atoms with Crippen LogP contribution in [-0.2, 0) is 12.8 Å². The number of fused-ring (bicyclic) bond motifs is 1. The van der Waals surface area contributed by atoms with E-state index in [0.29, 0.717) is 22.9 Å². The SMILES string of the molecule is Cc1ccc(N)cc1Oc1nc2c(cc1C#N)CCC2. The van der Waals surface area contributed by atoms with Crippen LogP contribution < -0.4 is 10.5 Å². The number of nitrogens with zero attached hydrogens (tertiary/aromatic N) is 2. The molecule has 0 saturated carbocycles. The number of benzene rings is 1. The molecular formula is C16H15N3O. The summed E-state index contributed by atoms with van der Waals surface area (Å²) >= 11 is 0. The maximum absolute atomic E-state index is 9.26. The van der Waals surface area contributed by atoms with Crippen LogP contribution >= 0.6 is 0 Å². The maximum atomic E-state index is 9.26. The smallest absolute Gasteiger partial charge is 0.237 e. The summed E-state index contributed by atoms with van der Waals surface area (Å²) in [4.78, 5) is 4.50. The monoisotopic (exact) mass is 265 g/mol. The Kier molecular flexibility index (Phi) is 3.03. The molecule has 0 radical (unpaired) electrons. The molecule has 2 N–H and O–H groups in total. The van der Waals surface area contributed by atoms with Crippen LogP contribution in [-0.4, -0.2) is 4.98 Å². The summed E-state index contributed by atoms with van der Waals surface area (Å²) < 4.78 is 5.82. The quantitative estimate of drug-likeness (QED) is 0.847. The van der Waals surface area contributed by atoms with Gasteiger partial charge in [-0.05, 0) is 49.4 Å². The predicted molar refractivity (Wildman–Crippen MR) is 76.6 cm³/mol. The summed E-state index contributed by atoms with van der Waals surface area (Å²) in [5, 5.41) is 9.26. The summed E-state index contributed by atoms with van der Waals surface area (Å²) in [7, 11) is 0. The zero-order valence-electron chi connectivity index (χ0n) is 11.3. The third-order valence-corrected chi connectivity index (χ3v) is 3.56. The number of anilines is 1. The highest BCUT2D eigenvalue weighted by molar-refractivity contribution is 5.51. The Morgan fingerprint density at radius 2 is 2.15 bits per heavy atom. The summed E-state index contributed by atoms with van der Waals surface area (Å²) in [5.41, 5.74) is 10.1. The topological polar surface area (TPSA) is 71.9 Å². The highest BCUT2D eigenvalue weighted by atomic mass is 16.5. The molecule has 1 heterocycles. The number of hydrogen-bond donors (Lipinski definition) is 1. The first-order valence-corrected chi connectivity index (χ1v) is 6.64. The average Bonchev–Trinajstić information content (AvgIpc) is 2.89. The fraction of sp³-hybridized carbons (Fsp3) is 0.250. The van der Waals surface area contributed by atoms with E-state index in [1.807, 2.05) is 25.1 Å². The number of ether oxygens (including phenoxy) is 1. The fourth-order valence-corrected chi connectivity index (χ4v) is 2.44. The molecule has 0 saturated heterocycles. The second kappa shape index (κ2) is 4.86. The van der Waals surface area contributed by atoms with Gasteiger partial charge in [-0.1, -0.05) is 6.07 Å². The lowest BCUT2D eigenvalue weighted by atomic mass is 10.1. The summed E-state index contributed by atoms with van der Waals surface area (Å²) in [6.45, 7) is 1.94. The van der Waals surface area contributed by atoms with Crippen LogP contribution in [0.5, 0.6) is 11.6 Å². The van der Waals surface area contributed by atoms with E-state index in [0.717, 1.165) is 36.1 Å². The van der Waals surface area contributed by atoms with Gasteiger partial charge in [0.25, 0.3) is 0 Å². The number of rotatable bonds is 2. The molecule has 0 bridgehead atoms. The lowest BCUT2D eigenvalue weighted by Crippen LogP contribution is -1.98. The van der Waals surface area contributed by atoms with Crippen molar-refractivity contribution in [1.29, 1.82) is 5.26 Å². The second-order valence-corrected chi connectivity index (χ2v) is 5.04. The Labute approximate surface area is 117 Å². The zero-order valence-corrected chi connectivity index (χ0v) is 11.3. The Morgan fingerprint density at radius 1 is 1.30 bits per heavy atom. The molecule has 0 spiro atoms. The Bertz CT molecular complexity index is 716. The second-order valence-electron chi connectivity index (χ2n) is 5.04. The Balaban J connectivity index is 2.02. The standard InChI is InChI=1S/C16H15N3O/c1-10-5-6-13(18)8-15(10)20-16-12(9-17)7-11-3-2-4-14(11)19-16/h5-8H,2-4,18H2,1H3. The minimum absolute atomic E-state index is 0.377. The van der Waals surface area contributed by atoms with Crippen molar-refractivity contribution in [3.8, 4) is 17.7 Å². The molecule has 0 fully saturated rings. The summed E-state index contributed by atoms with van der Waals surface area (Å²) in [5.74, 6) is 1.02. The molecule has 1 aromatic heterocycles. The molecule has 20 heavy (non-hydrogen) atoms. The lowest BCUT2D eigenvalue weighted by Gasteiger charge is -2.11. The van der Waals surface area contributed by atoms with E-state index in [4.69, 9.17) is 10.5 Å².